The Morgan fingerprint density at radius 2 is 1.94 bits per heavy atom. The molecule has 0 spiro atoms. The van der Waals surface area contributed by atoms with Gasteiger partial charge in [-0.05, 0) is 44.1 Å². The summed E-state index contributed by atoms with van der Waals surface area (Å²) in [5.41, 5.74) is 0. The van der Waals surface area contributed by atoms with Gasteiger partial charge in [-0.1, -0.05) is 20.8 Å². The van der Waals surface area contributed by atoms with E-state index in [1.807, 2.05) is 6.92 Å². The minimum atomic E-state index is -0.0570. The lowest BCUT2D eigenvalue weighted by Gasteiger charge is -2.31. The minimum absolute atomic E-state index is 0.0570. The van der Waals surface area contributed by atoms with Crippen LogP contribution in [0.5, 0.6) is 0 Å². The fourth-order valence-electron chi connectivity index (χ4n) is 2.82. The van der Waals surface area contributed by atoms with E-state index >= 15 is 0 Å². The Labute approximate surface area is 106 Å². The number of nitriles is 1. The molecule has 0 amide bonds. The van der Waals surface area contributed by atoms with Crippen molar-refractivity contribution in [3.05, 3.63) is 0 Å². The first kappa shape index (κ1) is 14.5. The fraction of sp³-hybridized carbons (Fsp3) is 0.929. The second-order valence-corrected chi connectivity index (χ2v) is 5.44. The van der Waals surface area contributed by atoms with Crippen molar-refractivity contribution in [1.82, 2.24) is 5.32 Å². The van der Waals surface area contributed by atoms with Gasteiger partial charge in [0, 0.05) is 6.61 Å². The molecule has 0 aromatic carbocycles. The van der Waals surface area contributed by atoms with Gasteiger partial charge in [-0.3, -0.25) is 0 Å². The molecule has 1 aliphatic carbocycles. The van der Waals surface area contributed by atoms with Crippen LogP contribution in [0.4, 0.5) is 0 Å². The average Bonchev–Trinajstić information content (AvgIpc) is 2.26. The van der Waals surface area contributed by atoms with Crippen LogP contribution in [0, 0.1) is 23.2 Å². The highest BCUT2D eigenvalue weighted by Gasteiger charge is 2.24. The number of nitrogens with zero attached hydrogens (tertiary/aromatic N) is 1. The molecule has 1 fully saturated rings. The van der Waals surface area contributed by atoms with Crippen molar-refractivity contribution >= 4 is 0 Å². The normalized spacial score (nSPS) is 30.8. The van der Waals surface area contributed by atoms with Crippen LogP contribution in [-0.4, -0.2) is 25.3 Å². The smallest absolute Gasteiger partial charge is 0.0974 e. The second-order valence-electron chi connectivity index (χ2n) is 5.44. The summed E-state index contributed by atoms with van der Waals surface area (Å²) in [5.74, 6) is 1.56. The Bertz CT molecular complexity index is 239. The van der Waals surface area contributed by atoms with E-state index in [-0.39, 0.29) is 6.04 Å². The van der Waals surface area contributed by atoms with Crippen LogP contribution in [0.15, 0.2) is 0 Å². The third-order valence-corrected chi connectivity index (χ3v) is 3.50. The molecule has 3 nitrogen and oxygen atoms in total. The first-order valence-electron chi connectivity index (χ1n) is 6.90. The predicted octanol–water partition coefficient (Wildman–Crippen LogP) is 2.72. The minimum Gasteiger partial charge on any atom is -0.378 e. The molecule has 1 aliphatic rings. The number of hydrogen-bond donors (Lipinski definition) is 1. The third-order valence-electron chi connectivity index (χ3n) is 3.50. The molecule has 1 rings (SSSR count). The molecule has 0 aromatic heterocycles. The second kappa shape index (κ2) is 7.68. The highest BCUT2D eigenvalue weighted by molar-refractivity contribution is 4.89. The molecule has 17 heavy (non-hydrogen) atoms. The lowest BCUT2D eigenvalue weighted by Crippen LogP contribution is -2.31. The largest absolute Gasteiger partial charge is 0.378 e. The Morgan fingerprint density at radius 3 is 2.47 bits per heavy atom. The van der Waals surface area contributed by atoms with E-state index in [0.717, 1.165) is 24.8 Å². The van der Waals surface area contributed by atoms with E-state index in [9.17, 15) is 0 Å². The summed E-state index contributed by atoms with van der Waals surface area (Å²) in [6.45, 7) is 8.19. The average molecular weight is 238 g/mol. The van der Waals surface area contributed by atoms with Gasteiger partial charge in [0.1, 0.15) is 0 Å². The molecule has 3 atom stereocenters. The Morgan fingerprint density at radius 1 is 1.29 bits per heavy atom. The summed E-state index contributed by atoms with van der Waals surface area (Å²) in [4.78, 5) is 0. The fourth-order valence-corrected chi connectivity index (χ4v) is 2.82. The van der Waals surface area contributed by atoms with Gasteiger partial charge in [-0.2, -0.15) is 5.26 Å². The number of ether oxygens (including phenoxy) is 1. The zero-order valence-electron chi connectivity index (χ0n) is 11.4. The van der Waals surface area contributed by atoms with Gasteiger partial charge in [-0.25, -0.2) is 0 Å². The standard InChI is InChI=1S/C14H26N2O/c1-4-16-13(10-15)5-6-17-14-8-11(2)7-12(3)9-14/h11-14,16H,4-9H2,1-3H3. The van der Waals surface area contributed by atoms with Crippen molar-refractivity contribution < 1.29 is 4.74 Å². The van der Waals surface area contributed by atoms with Crippen molar-refractivity contribution in [1.29, 1.82) is 5.26 Å². The van der Waals surface area contributed by atoms with Gasteiger partial charge < -0.3 is 10.1 Å². The van der Waals surface area contributed by atoms with Crippen LogP contribution >= 0.6 is 0 Å². The van der Waals surface area contributed by atoms with Crippen molar-refractivity contribution in [2.24, 2.45) is 11.8 Å². The highest BCUT2D eigenvalue weighted by Crippen LogP contribution is 2.30. The van der Waals surface area contributed by atoms with Crippen molar-refractivity contribution in [3.8, 4) is 6.07 Å². The monoisotopic (exact) mass is 238 g/mol. The van der Waals surface area contributed by atoms with E-state index in [0.29, 0.717) is 12.7 Å². The molecule has 1 N–H and O–H groups in total. The van der Waals surface area contributed by atoms with Gasteiger partial charge in [0.25, 0.3) is 0 Å². The Balaban J connectivity index is 2.19. The van der Waals surface area contributed by atoms with E-state index in [1.54, 1.807) is 0 Å². The lowest BCUT2D eigenvalue weighted by atomic mass is 9.82. The Kier molecular flexibility index (Phi) is 6.54. The van der Waals surface area contributed by atoms with Gasteiger partial charge in [0.05, 0.1) is 18.2 Å². The first-order valence-corrected chi connectivity index (χ1v) is 6.90. The van der Waals surface area contributed by atoms with E-state index in [1.165, 1.54) is 19.3 Å². The molecule has 0 saturated heterocycles. The van der Waals surface area contributed by atoms with Crippen LogP contribution in [-0.2, 0) is 4.74 Å². The Hall–Kier alpha value is -0.590. The lowest BCUT2D eigenvalue weighted by molar-refractivity contribution is -0.00128. The molecule has 1 saturated carbocycles. The van der Waals surface area contributed by atoms with Gasteiger partial charge in [0.15, 0.2) is 0 Å². The van der Waals surface area contributed by atoms with E-state index in [4.69, 9.17) is 10.00 Å². The summed E-state index contributed by atoms with van der Waals surface area (Å²) in [6.07, 6.45) is 4.91. The molecule has 0 heterocycles. The summed E-state index contributed by atoms with van der Waals surface area (Å²) >= 11 is 0. The van der Waals surface area contributed by atoms with Gasteiger partial charge >= 0.3 is 0 Å². The summed E-state index contributed by atoms with van der Waals surface area (Å²) in [6, 6.07) is 2.21. The first-order chi connectivity index (χ1) is 8.15. The van der Waals surface area contributed by atoms with E-state index in [2.05, 4.69) is 25.2 Å². The number of rotatable bonds is 6. The van der Waals surface area contributed by atoms with Crippen LogP contribution in [0.25, 0.3) is 0 Å². The van der Waals surface area contributed by atoms with Crippen LogP contribution < -0.4 is 5.32 Å². The van der Waals surface area contributed by atoms with E-state index < -0.39 is 0 Å². The molecule has 3 heteroatoms. The SMILES string of the molecule is CCNC(C#N)CCOC1CC(C)CC(C)C1. The third kappa shape index (κ3) is 5.52. The molecular weight excluding hydrogens is 212 g/mol. The summed E-state index contributed by atoms with van der Waals surface area (Å²) < 4.78 is 5.91. The summed E-state index contributed by atoms with van der Waals surface area (Å²) in [7, 11) is 0. The van der Waals surface area contributed by atoms with Crippen molar-refractivity contribution in [3.63, 3.8) is 0 Å². The molecule has 98 valence electrons. The maximum absolute atomic E-state index is 8.91. The van der Waals surface area contributed by atoms with Gasteiger partial charge in [0.2, 0.25) is 0 Å². The highest BCUT2D eigenvalue weighted by atomic mass is 16.5. The van der Waals surface area contributed by atoms with Crippen LogP contribution in [0.3, 0.4) is 0 Å². The zero-order chi connectivity index (χ0) is 12.7. The quantitative estimate of drug-likeness (QED) is 0.774. The zero-order valence-corrected chi connectivity index (χ0v) is 11.4. The van der Waals surface area contributed by atoms with Crippen molar-refractivity contribution in [2.45, 2.75) is 58.6 Å². The summed E-state index contributed by atoms with van der Waals surface area (Å²) in [5, 5.41) is 12.1. The topological polar surface area (TPSA) is 45.0 Å². The van der Waals surface area contributed by atoms with Crippen LogP contribution in [0.1, 0.15) is 46.5 Å². The maximum Gasteiger partial charge on any atom is 0.0974 e. The van der Waals surface area contributed by atoms with Crippen LogP contribution in [0.2, 0.25) is 0 Å². The predicted molar refractivity (Wildman–Crippen MR) is 69.6 cm³/mol. The maximum atomic E-state index is 8.91. The molecule has 0 bridgehead atoms. The molecular formula is C14H26N2O. The molecule has 0 aromatic rings. The molecule has 3 unspecified atom stereocenters. The molecule has 0 radical (unpaired) electrons. The number of hydrogen-bond acceptors (Lipinski definition) is 3. The van der Waals surface area contributed by atoms with Gasteiger partial charge in [-0.15, -0.1) is 0 Å². The van der Waals surface area contributed by atoms with Crippen molar-refractivity contribution in [2.75, 3.05) is 13.2 Å². The molecule has 0 aliphatic heterocycles. The number of nitrogens with one attached hydrogen (secondary N) is 1.